The maximum atomic E-state index is 5.33. The van der Waals surface area contributed by atoms with Crippen LogP contribution in [-0.4, -0.2) is 20.8 Å². The zero-order valence-corrected chi connectivity index (χ0v) is 8.59. The predicted molar refractivity (Wildman–Crippen MR) is 55.0 cm³/mol. The van der Waals surface area contributed by atoms with Crippen molar-refractivity contribution in [2.75, 3.05) is 20.8 Å². The largest absolute Gasteiger partial charge is 0.496 e. The first-order valence-electron chi connectivity index (χ1n) is 4.80. The highest BCUT2D eigenvalue weighted by Gasteiger charge is 2.17. The molecule has 3 heteroatoms. The molecule has 2 rings (SSSR count). The van der Waals surface area contributed by atoms with E-state index < -0.39 is 0 Å². The van der Waals surface area contributed by atoms with Crippen LogP contribution in [0.15, 0.2) is 12.1 Å². The van der Waals surface area contributed by atoms with E-state index in [0.717, 1.165) is 31.0 Å². The summed E-state index contributed by atoms with van der Waals surface area (Å²) in [5, 5.41) is 3.33. The van der Waals surface area contributed by atoms with Gasteiger partial charge in [0.15, 0.2) is 0 Å². The molecule has 0 fully saturated rings. The van der Waals surface area contributed by atoms with Gasteiger partial charge in [0.25, 0.3) is 0 Å². The standard InChI is InChI=1S/C11H15NO2/c1-13-10-3-4-11(14-2)9-7-12-6-5-8(9)10/h3-4,12H,5-7H2,1-2H3. The quantitative estimate of drug-likeness (QED) is 0.769. The third kappa shape index (κ3) is 1.44. The van der Waals surface area contributed by atoms with Gasteiger partial charge in [-0.05, 0) is 25.1 Å². The van der Waals surface area contributed by atoms with Crippen LogP contribution in [-0.2, 0) is 13.0 Å². The number of benzene rings is 1. The summed E-state index contributed by atoms with van der Waals surface area (Å²) >= 11 is 0. The molecule has 0 aromatic heterocycles. The fraction of sp³-hybridized carbons (Fsp3) is 0.455. The maximum absolute atomic E-state index is 5.33. The Bertz CT molecular complexity index is 303. The molecule has 1 aromatic rings. The van der Waals surface area contributed by atoms with Gasteiger partial charge >= 0.3 is 0 Å². The van der Waals surface area contributed by atoms with E-state index in [1.54, 1.807) is 14.2 Å². The van der Waals surface area contributed by atoms with Crippen LogP contribution in [0, 0.1) is 0 Å². The molecule has 0 radical (unpaired) electrons. The number of rotatable bonds is 2. The lowest BCUT2D eigenvalue weighted by atomic mass is 9.99. The van der Waals surface area contributed by atoms with E-state index in [2.05, 4.69) is 5.32 Å². The lowest BCUT2D eigenvalue weighted by Gasteiger charge is -2.21. The zero-order valence-electron chi connectivity index (χ0n) is 8.59. The average Bonchev–Trinajstić information content (AvgIpc) is 2.27. The Hall–Kier alpha value is -1.22. The van der Waals surface area contributed by atoms with Gasteiger partial charge in [0.1, 0.15) is 11.5 Å². The molecule has 1 N–H and O–H groups in total. The Morgan fingerprint density at radius 3 is 2.36 bits per heavy atom. The number of hydrogen-bond acceptors (Lipinski definition) is 3. The van der Waals surface area contributed by atoms with E-state index in [4.69, 9.17) is 9.47 Å². The minimum Gasteiger partial charge on any atom is -0.496 e. The van der Waals surface area contributed by atoms with Crippen LogP contribution >= 0.6 is 0 Å². The van der Waals surface area contributed by atoms with E-state index >= 15 is 0 Å². The highest BCUT2D eigenvalue weighted by molar-refractivity contribution is 5.49. The first kappa shape index (κ1) is 9.34. The third-order valence-corrected chi connectivity index (χ3v) is 2.64. The highest BCUT2D eigenvalue weighted by atomic mass is 16.5. The van der Waals surface area contributed by atoms with Gasteiger partial charge in [-0.15, -0.1) is 0 Å². The third-order valence-electron chi connectivity index (χ3n) is 2.64. The van der Waals surface area contributed by atoms with Crippen LogP contribution in [0.5, 0.6) is 11.5 Å². The first-order chi connectivity index (χ1) is 6.86. The number of fused-ring (bicyclic) bond motifs is 1. The second-order valence-corrected chi connectivity index (χ2v) is 3.35. The molecular formula is C11H15NO2. The van der Waals surface area contributed by atoms with Crippen molar-refractivity contribution in [3.63, 3.8) is 0 Å². The molecule has 0 atom stereocenters. The topological polar surface area (TPSA) is 30.5 Å². The molecule has 0 amide bonds. The van der Waals surface area contributed by atoms with Gasteiger partial charge in [-0.2, -0.15) is 0 Å². The monoisotopic (exact) mass is 193 g/mol. The van der Waals surface area contributed by atoms with Crippen LogP contribution < -0.4 is 14.8 Å². The van der Waals surface area contributed by atoms with Gasteiger partial charge in [-0.25, -0.2) is 0 Å². The van der Waals surface area contributed by atoms with Crippen LogP contribution in [0.4, 0.5) is 0 Å². The Morgan fingerprint density at radius 1 is 1.07 bits per heavy atom. The zero-order chi connectivity index (χ0) is 9.97. The number of methoxy groups -OCH3 is 2. The number of nitrogens with one attached hydrogen (secondary N) is 1. The normalized spacial score (nSPS) is 14.7. The van der Waals surface area contributed by atoms with E-state index in [-0.39, 0.29) is 0 Å². The smallest absolute Gasteiger partial charge is 0.123 e. The van der Waals surface area contributed by atoms with Crippen LogP contribution in [0.25, 0.3) is 0 Å². The van der Waals surface area contributed by atoms with Crippen molar-refractivity contribution in [1.29, 1.82) is 0 Å². The molecule has 3 nitrogen and oxygen atoms in total. The molecule has 14 heavy (non-hydrogen) atoms. The Labute approximate surface area is 84.0 Å². The summed E-state index contributed by atoms with van der Waals surface area (Å²) in [4.78, 5) is 0. The molecule has 0 saturated carbocycles. The van der Waals surface area contributed by atoms with Crippen molar-refractivity contribution in [2.45, 2.75) is 13.0 Å². The summed E-state index contributed by atoms with van der Waals surface area (Å²) in [6, 6.07) is 3.94. The lowest BCUT2D eigenvalue weighted by Crippen LogP contribution is -2.24. The van der Waals surface area contributed by atoms with Gasteiger partial charge in [-0.3, -0.25) is 0 Å². The summed E-state index contributed by atoms with van der Waals surface area (Å²) in [6.07, 6.45) is 1.01. The van der Waals surface area contributed by atoms with Gasteiger partial charge in [0, 0.05) is 17.7 Å². The molecule has 0 aliphatic carbocycles. The molecule has 76 valence electrons. The molecule has 0 bridgehead atoms. The van der Waals surface area contributed by atoms with E-state index in [1.165, 1.54) is 11.1 Å². The van der Waals surface area contributed by atoms with Gasteiger partial charge < -0.3 is 14.8 Å². The molecule has 0 unspecified atom stereocenters. The number of ether oxygens (including phenoxy) is 2. The predicted octanol–water partition coefficient (Wildman–Crippen LogP) is 1.35. The van der Waals surface area contributed by atoms with Crippen molar-refractivity contribution in [2.24, 2.45) is 0 Å². The highest BCUT2D eigenvalue weighted by Crippen LogP contribution is 2.32. The minimum atomic E-state index is 0.871. The van der Waals surface area contributed by atoms with Crippen molar-refractivity contribution in [1.82, 2.24) is 5.32 Å². The van der Waals surface area contributed by atoms with Gasteiger partial charge in [0.05, 0.1) is 14.2 Å². The second kappa shape index (κ2) is 3.88. The molecule has 1 heterocycles. The molecule has 0 spiro atoms. The van der Waals surface area contributed by atoms with E-state index in [9.17, 15) is 0 Å². The molecule has 1 aliphatic rings. The maximum Gasteiger partial charge on any atom is 0.123 e. The van der Waals surface area contributed by atoms with Crippen molar-refractivity contribution < 1.29 is 9.47 Å². The Kier molecular flexibility index (Phi) is 2.59. The summed E-state index contributed by atoms with van der Waals surface area (Å²) in [5.41, 5.74) is 2.52. The fourth-order valence-corrected chi connectivity index (χ4v) is 1.93. The van der Waals surface area contributed by atoms with Crippen molar-refractivity contribution in [3.05, 3.63) is 23.3 Å². The lowest BCUT2D eigenvalue weighted by molar-refractivity contribution is 0.388. The summed E-state index contributed by atoms with van der Waals surface area (Å²) in [5.74, 6) is 1.93. The Balaban J connectivity index is 2.50. The van der Waals surface area contributed by atoms with Gasteiger partial charge in [0.2, 0.25) is 0 Å². The summed E-state index contributed by atoms with van der Waals surface area (Å²) in [6.45, 7) is 1.88. The number of hydrogen-bond donors (Lipinski definition) is 1. The van der Waals surface area contributed by atoms with Crippen LogP contribution in [0.1, 0.15) is 11.1 Å². The molecule has 1 aliphatic heterocycles. The Morgan fingerprint density at radius 2 is 1.71 bits per heavy atom. The van der Waals surface area contributed by atoms with Crippen molar-refractivity contribution in [3.8, 4) is 11.5 Å². The fourth-order valence-electron chi connectivity index (χ4n) is 1.93. The SMILES string of the molecule is COc1ccc(OC)c2c1CCNC2. The molecular weight excluding hydrogens is 178 g/mol. The first-order valence-corrected chi connectivity index (χ1v) is 4.80. The van der Waals surface area contributed by atoms with Crippen LogP contribution in [0.2, 0.25) is 0 Å². The minimum absolute atomic E-state index is 0.871. The molecule has 0 saturated heterocycles. The molecule has 1 aromatic carbocycles. The summed E-state index contributed by atoms with van der Waals surface area (Å²) in [7, 11) is 3.42. The average molecular weight is 193 g/mol. The second-order valence-electron chi connectivity index (χ2n) is 3.35. The van der Waals surface area contributed by atoms with Crippen LogP contribution in [0.3, 0.4) is 0 Å². The van der Waals surface area contributed by atoms with Gasteiger partial charge in [-0.1, -0.05) is 0 Å². The summed E-state index contributed by atoms with van der Waals surface area (Å²) < 4.78 is 10.6. The van der Waals surface area contributed by atoms with Crippen molar-refractivity contribution >= 4 is 0 Å². The van der Waals surface area contributed by atoms with E-state index in [0.29, 0.717) is 0 Å². The van der Waals surface area contributed by atoms with E-state index in [1.807, 2.05) is 12.1 Å².